The lowest BCUT2D eigenvalue weighted by molar-refractivity contribution is 0.0919. The molecule has 1 fully saturated rings. The van der Waals surface area contributed by atoms with E-state index in [4.69, 9.17) is 0 Å². The number of hydrogen-bond donors (Lipinski definition) is 1. The van der Waals surface area contributed by atoms with Crippen molar-refractivity contribution >= 4 is 28.5 Å². The van der Waals surface area contributed by atoms with Gasteiger partial charge in [-0.25, -0.2) is 4.39 Å². The van der Waals surface area contributed by atoms with Gasteiger partial charge in [-0.1, -0.05) is 0 Å². The summed E-state index contributed by atoms with van der Waals surface area (Å²) >= 11 is 1.92. The molecule has 0 aliphatic heterocycles. The van der Waals surface area contributed by atoms with Crippen molar-refractivity contribution in [1.29, 1.82) is 5.26 Å². The maximum absolute atomic E-state index is 13.0. The Balaban J connectivity index is 2.19. The number of nitriles is 1. The van der Waals surface area contributed by atoms with Gasteiger partial charge in [-0.05, 0) is 66.5 Å². The second-order valence-corrected chi connectivity index (χ2v) is 5.64. The van der Waals surface area contributed by atoms with E-state index in [1.165, 1.54) is 18.2 Å². The Kier molecular flexibility index (Phi) is 3.85. The fourth-order valence-corrected chi connectivity index (χ4v) is 2.92. The Labute approximate surface area is 119 Å². The second kappa shape index (κ2) is 5.22. The molecule has 1 aromatic carbocycles. The van der Waals surface area contributed by atoms with Crippen LogP contribution in [0.25, 0.3) is 0 Å². The van der Waals surface area contributed by atoms with Crippen LogP contribution in [0.2, 0.25) is 0 Å². The van der Waals surface area contributed by atoms with Crippen LogP contribution in [0.1, 0.15) is 36.0 Å². The Morgan fingerprint density at radius 2 is 2.11 bits per heavy atom. The maximum atomic E-state index is 13.0. The first kappa shape index (κ1) is 13.3. The van der Waals surface area contributed by atoms with Crippen molar-refractivity contribution in [3.8, 4) is 6.07 Å². The summed E-state index contributed by atoms with van der Waals surface area (Å²) in [6.07, 6.45) is 3.28. The van der Waals surface area contributed by atoms with Crippen LogP contribution >= 0.6 is 22.6 Å². The molecular formula is C13H12FIN2O. The highest BCUT2D eigenvalue weighted by Gasteiger charge is 2.35. The molecule has 1 amide bonds. The minimum atomic E-state index is -0.742. The summed E-state index contributed by atoms with van der Waals surface area (Å²) in [6, 6.07) is 6.21. The van der Waals surface area contributed by atoms with Crippen molar-refractivity contribution < 1.29 is 9.18 Å². The van der Waals surface area contributed by atoms with Gasteiger partial charge in [0.05, 0.1) is 11.6 Å². The molecule has 94 valence electrons. The molecule has 1 aromatic rings. The minimum Gasteiger partial charge on any atom is -0.334 e. The summed E-state index contributed by atoms with van der Waals surface area (Å²) in [5.41, 5.74) is -0.326. The molecule has 0 radical (unpaired) electrons. The third kappa shape index (κ3) is 2.64. The maximum Gasteiger partial charge on any atom is 0.253 e. The number of amides is 1. The third-order valence-corrected chi connectivity index (χ3v) is 4.09. The number of benzene rings is 1. The second-order valence-electron chi connectivity index (χ2n) is 4.48. The Morgan fingerprint density at radius 1 is 1.44 bits per heavy atom. The van der Waals surface area contributed by atoms with Crippen LogP contribution < -0.4 is 5.32 Å². The topological polar surface area (TPSA) is 52.9 Å². The van der Waals surface area contributed by atoms with Crippen molar-refractivity contribution in [2.45, 2.75) is 31.2 Å². The summed E-state index contributed by atoms with van der Waals surface area (Å²) in [6.45, 7) is 0. The number of nitrogens with zero attached hydrogens (tertiary/aromatic N) is 1. The molecule has 0 atom stereocenters. The standard InChI is InChI=1S/C13H12FIN2O/c14-9-3-4-10(11(15)7-9)12(18)17-13(8-16)5-1-2-6-13/h3-4,7H,1-2,5-6H2,(H,17,18). The SMILES string of the molecule is N#CC1(NC(=O)c2ccc(F)cc2I)CCCC1. The molecule has 1 saturated carbocycles. The van der Waals surface area contributed by atoms with Crippen molar-refractivity contribution in [2.24, 2.45) is 0 Å². The molecule has 0 heterocycles. The molecule has 0 bridgehead atoms. The first-order chi connectivity index (χ1) is 8.56. The van der Waals surface area contributed by atoms with Gasteiger partial charge in [-0.2, -0.15) is 5.26 Å². The first-order valence-corrected chi connectivity index (χ1v) is 6.83. The first-order valence-electron chi connectivity index (χ1n) is 5.75. The molecule has 0 saturated heterocycles. The molecule has 1 N–H and O–H groups in total. The van der Waals surface area contributed by atoms with Gasteiger partial charge in [0.25, 0.3) is 5.91 Å². The lowest BCUT2D eigenvalue weighted by Crippen LogP contribution is -2.45. The quantitative estimate of drug-likeness (QED) is 0.827. The predicted octanol–water partition coefficient (Wildman–Crippen LogP) is 3.00. The largest absolute Gasteiger partial charge is 0.334 e. The minimum absolute atomic E-state index is 0.303. The molecule has 0 spiro atoms. The van der Waals surface area contributed by atoms with E-state index in [0.29, 0.717) is 22.0 Å². The van der Waals surface area contributed by atoms with Crippen LogP contribution in [0.3, 0.4) is 0 Å². The van der Waals surface area contributed by atoms with Gasteiger partial charge in [0.15, 0.2) is 0 Å². The van der Waals surface area contributed by atoms with Crippen LogP contribution in [-0.2, 0) is 0 Å². The zero-order chi connectivity index (χ0) is 13.2. The number of nitrogens with one attached hydrogen (secondary N) is 1. The van der Waals surface area contributed by atoms with Gasteiger partial charge in [0, 0.05) is 3.57 Å². The highest BCUT2D eigenvalue weighted by atomic mass is 127. The summed E-state index contributed by atoms with van der Waals surface area (Å²) < 4.78 is 13.5. The van der Waals surface area contributed by atoms with Crippen molar-refractivity contribution in [3.63, 3.8) is 0 Å². The van der Waals surface area contributed by atoms with Gasteiger partial charge >= 0.3 is 0 Å². The van der Waals surface area contributed by atoms with Gasteiger partial charge in [-0.3, -0.25) is 4.79 Å². The van der Waals surface area contributed by atoms with E-state index in [-0.39, 0.29) is 11.7 Å². The number of halogens is 2. The van der Waals surface area contributed by atoms with Gasteiger partial charge in [0.1, 0.15) is 11.4 Å². The number of hydrogen-bond acceptors (Lipinski definition) is 2. The number of carbonyl (C=O) groups is 1. The fraction of sp³-hybridized carbons (Fsp3) is 0.385. The van der Waals surface area contributed by atoms with Crippen LogP contribution in [0.5, 0.6) is 0 Å². The lowest BCUT2D eigenvalue weighted by Gasteiger charge is -2.22. The molecule has 18 heavy (non-hydrogen) atoms. The molecule has 0 unspecified atom stereocenters. The summed E-state index contributed by atoms with van der Waals surface area (Å²) in [5.74, 6) is -0.672. The van der Waals surface area contributed by atoms with E-state index >= 15 is 0 Å². The van der Waals surface area contributed by atoms with E-state index in [1.807, 2.05) is 22.6 Å². The monoisotopic (exact) mass is 358 g/mol. The van der Waals surface area contributed by atoms with E-state index in [9.17, 15) is 14.4 Å². The Bertz CT molecular complexity index is 518. The normalized spacial score (nSPS) is 17.2. The molecule has 1 aliphatic carbocycles. The summed E-state index contributed by atoms with van der Waals surface area (Å²) in [5, 5.41) is 12.0. The van der Waals surface area contributed by atoms with Crippen LogP contribution in [0.4, 0.5) is 4.39 Å². The Hall–Kier alpha value is -1.16. The summed E-state index contributed by atoms with van der Waals surface area (Å²) in [4.78, 5) is 12.1. The highest BCUT2D eigenvalue weighted by Crippen LogP contribution is 2.29. The molecule has 5 heteroatoms. The average molecular weight is 358 g/mol. The third-order valence-electron chi connectivity index (χ3n) is 3.20. The van der Waals surface area contributed by atoms with E-state index in [0.717, 1.165) is 12.8 Å². The lowest BCUT2D eigenvalue weighted by atomic mass is 9.99. The van der Waals surface area contributed by atoms with Crippen LogP contribution in [0, 0.1) is 20.7 Å². The molecular weight excluding hydrogens is 346 g/mol. The van der Waals surface area contributed by atoms with Gasteiger partial charge in [-0.15, -0.1) is 0 Å². The zero-order valence-electron chi connectivity index (χ0n) is 9.67. The smallest absolute Gasteiger partial charge is 0.253 e. The van der Waals surface area contributed by atoms with Gasteiger partial charge in [0.2, 0.25) is 0 Å². The molecule has 1 aliphatic rings. The van der Waals surface area contributed by atoms with E-state index in [2.05, 4.69) is 11.4 Å². The van der Waals surface area contributed by atoms with Crippen molar-refractivity contribution in [2.75, 3.05) is 0 Å². The van der Waals surface area contributed by atoms with E-state index < -0.39 is 5.54 Å². The molecule has 3 nitrogen and oxygen atoms in total. The van der Waals surface area contributed by atoms with Gasteiger partial charge < -0.3 is 5.32 Å². The van der Waals surface area contributed by atoms with Crippen LogP contribution in [0.15, 0.2) is 18.2 Å². The highest BCUT2D eigenvalue weighted by molar-refractivity contribution is 14.1. The molecule has 0 aromatic heterocycles. The predicted molar refractivity (Wildman–Crippen MR) is 73.4 cm³/mol. The molecule has 2 rings (SSSR count). The average Bonchev–Trinajstić information content (AvgIpc) is 2.78. The van der Waals surface area contributed by atoms with Crippen molar-refractivity contribution in [3.05, 3.63) is 33.1 Å². The van der Waals surface area contributed by atoms with E-state index in [1.54, 1.807) is 0 Å². The summed E-state index contributed by atoms with van der Waals surface area (Å²) in [7, 11) is 0. The number of rotatable bonds is 2. The van der Waals surface area contributed by atoms with Crippen molar-refractivity contribution in [1.82, 2.24) is 5.32 Å². The Morgan fingerprint density at radius 3 is 2.67 bits per heavy atom. The fourth-order valence-electron chi connectivity index (χ4n) is 2.20. The zero-order valence-corrected chi connectivity index (χ0v) is 11.8. The number of carbonyl (C=O) groups excluding carboxylic acids is 1. The van der Waals surface area contributed by atoms with Crippen LogP contribution in [-0.4, -0.2) is 11.4 Å².